The number of nitrogens with zero attached hydrogens (tertiary/aromatic N) is 2. The second-order valence-corrected chi connectivity index (χ2v) is 6.13. The van der Waals surface area contributed by atoms with Gasteiger partial charge < -0.3 is 10.1 Å². The van der Waals surface area contributed by atoms with E-state index >= 15 is 0 Å². The summed E-state index contributed by atoms with van der Waals surface area (Å²) in [6.07, 6.45) is 4.37. The van der Waals surface area contributed by atoms with Crippen molar-refractivity contribution in [3.05, 3.63) is 23.9 Å². The fourth-order valence-corrected chi connectivity index (χ4v) is 3.14. The van der Waals surface area contributed by atoms with Gasteiger partial charge >= 0.3 is 0 Å². The minimum atomic E-state index is 0.593. The van der Waals surface area contributed by atoms with Gasteiger partial charge in [-0.05, 0) is 37.8 Å². The van der Waals surface area contributed by atoms with Gasteiger partial charge in [0.25, 0.3) is 0 Å². The Morgan fingerprint density at radius 1 is 1.38 bits per heavy atom. The molecule has 118 valence electrons. The largest absolute Gasteiger partial charge is 0.481 e. The number of methoxy groups -OCH3 is 1. The Labute approximate surface area is 128 Å². The average Bonchev–Trinajstić information content (AvgIpc) is 2.52. The number of rotatable bonds is 6. The lowest BCUT2D eigenvalue weighted by Crippen LogP contribution is -2.53. The molecular weight excluding hydrogens is 262 g/mol. The Balaban J connectivity index is 1.92. The molecule has 0 spiro atoms. The standard InChI is InChI=1S/C17H29N3O/c1-5-9-18-16-8-10-20(14(3)13(16)2)12-15-6-7-17(21-4)19-11-15/h6-7,11,13-14,16,18H,5,8-10,12H2,1-4H3. The normalized spacial score (nSPS) is 26.8. The van der Waals surface area contributed by atoms with E-state index in [0.29, 0.717) is 23.9 Å². The third kappa shape index (κ3) is 4.17. The molecule has 0 saturated carbocycles. The van der Waals surface area contributed by atoms with Crippen molar-refractivity contribution in [2.75, 3.05) is 20.2 Å². The molecule has 4 heteroatoms. The van der Waals surface area contributed by atoms with Crippen molar-refractivity contribution in [2.24, 2.45) is 5.92 Å². The molecule has 0 amide bonds. The molecule has 3 unspecified atom stereocenters. The van der Waals surface area contributed by atoms with Gasteiger partial charge in [-0.3, -0.25) is 4.90 Å². The summed E-state index contributed by atoms with van der Waals surface area (Å²) in [7, 11) is 1.65. The van der Waals surface area contributed by atoms with Crippen molar-refractivity contribution in [1.29, 1.82) is 0 Å². The monoisotopic (exact) mass is 291 g/mol. The number of piperidine rings is 1. The molecule has 21 heavy (non-hydrogen) atoms. The van der Waals surface area contributed by atoms with E-state index in [9.17, 15) is 0 Å². The fraction of sp³-hybridized carbons (Fsp3) is 0.706. The third-order valence-electron chi connectivity index (χ3n) is 4.75. The van der Waals surface area contributed by atoms with E-state index < -0.39 is 0 Å². The molecule has 1 aliphatic rings. The van der Waals surface area contributed by atoms with Crippen LogP contribution in [0, 0.1) is 5.92 Å². The molecule has 1 saturated heterocycles. The summed E-state index contributed by atoms with van der Waals surface area (Å²) in [6, 6.07) is 5.31. The number of hydrogen-bond donors (Lipinski definition) is 1. The van der Waals surface area contributed by atoms with Gasteiger partial charge in [-0.1, -0.05) is 19.9 Å². The first kappa shape index (κ1) is 16.2. The number of nitrogens with one attached hydrogen (secondary N) is 1. The van der Waals surface area contributed by atoms with Crippen LogP contribution in [0.3, 0.4) is 0 Å². The fourth-order valence-electron chi connectivity index (χ4n) is 3.14. The first-order chi connectivity index (χ1) is 10.2. The summed E-state index contributed by atoms with van der Waals surface area (Å²) in [6.45, 7) is 10.2. The highest BCUT2D eigenvalue weighted by Gasteiger charge is 2.31. The van der Waals surface area contributed by atoms with E-state index in [1.54, 1.807) is 7.11 Å². The molecule has 1 fully saturated rings. The highest BCUT2D eigenvalue weighted by atomic mass is 16.5. The molecule has 1 aromatic rings. The van der Waals surface area contributed by atoms with Crippen LogP contribution in [0.5, 0.6) is 5.88 Å². The molecule has 1 N–H and O–H groups in total. The second kappa shape index (κ2) is 7.76. The van der Waals surface area contributed by atoms with E-state index in [1.807, 2.05) is 12.3 Å². The summed E-state index contributed by atoms with van der Waals surface area (Å²) in [5.74, 6) is 1.36. The van der Waals surface area contributed by atoms with Crippen LogP contribution in [-0.2, 0) is 6.54 Å². The summed E-state index contributed by atoms with van der Waals surface area (Å²) in [4.78, 5) is 6.87. The number of hydrogen-bond acceptors (Lipinski definition) is 4. The van der Waals surface area contributed by atoms with Gasteiger partial charge in [-0.2, -0.15) is 0 Å². The van der Waals surface area contributed by atoms with E-state index in [-0.39, 0.29) is 0 Å². The molecule has 0 bridgehead atoms. The Morgan fingerprint density at radius 2 is 2.19 bits per heavy atom. The van der Waals surface area contributed by atoms with Crippen molar-refractivity contribution in [2.45, 2.75) is 52.2 Å². The zero-order valence-corrected chi connectivity index (χ0v) is 13.8. The zero-order chi connectivity index (χ0) is 15.2. The van der Waals surface area contributed by atoms with Gasteiger partial charge in [0.15, 0.2) is 0 Å². The number of aromatic nitrogens is 1. The summed E-state index contributed by atoms with van der Waals surface area (Å²) >= 11 is 0. The van der Waals surface area contributed by atoms with Crippen LogP contribution >= 0.6 is 0 Å². The zero-order valence-electron chi connectivity index (χ0n) is 13.8. The van der Waals surface area contributed by atoms with Crippen molar-refractivity contribution >= 4 is 0 Å². The molecule has 1 aromatic heterocycles. The smallest absolute Gasteiger partial charge is 0.212 e. The predicted molar refractivity (Wildman–Crippen MR) is 86.5 cm³/mol. The lowest BCUT2D eigenvalue weighted by Gasteiger charge is -2.43. The second-order valence-electron chi connectivity index (χ2n) is 6.13. The maximum absolute atomic E-state index is 5.12. The number of ether oxygens (including phenoxy) is 1. The summed E-state index contributed by atoms with van der Waals surface area (Å²) < 4.78 is 5.12. The van der Waals surface area contributed by atoms with Gasteiger partial charge in [-0.15, -0.1) is 0 Å². The highest BCUT2D eigenvalue weighted by Crippen LogP contribution is 2.25. The van der Waals surface area contributed by atoms with Gasteiger partial charge in [0.1, 0.15) is 0 Å². The molecule has 3 atom stereocenters. The van der Waals surface area contributed by atoms with Gasteiger partial charge in [0, 0.05) is 37.4 Å². The molecule has 0 radical (unpaired) electrons. The van der Waals surface area contributed by atoms with E-state index in [4.69, 9.17) is 4.74 Å². The van der Waals surface area contributed by atoms with Crippen molar-refractivity contribution in [1.82, 2.24) is 15.2 Å². The molecule has 2 rings (SSSR count). The molecule has 1 aliphatic heterocycles. The first-order valence-corrected chi connectivity index (χ1v) is 8.12. The quantitative estimate of drug-likeness (QED) is 0.874. The van der Waals surface area contributed by atoms with E-state index in [1.165, 1.54) is 18.4 Å². The minimum absolute atomic E-state index is 0.593. The Kier molecular flexibility index (Phi) is 6.00. The van der Waals surface area contributed by atoms with Crippen LogP contribution in [0.15, 0.2) is 18.3 Å². The molecule has 0 aromatic carbocycles. The van der Waals surface area contributed by atoms with Crippen LogP contribution in [0.2, 0.25) is 0 Å². The van der Waals surface area contributed by atoms with Crippen molar-refractivity contribution < 1.29 is 4.74 Å². The van der Waals surface area contributed by atoms with Gasteiger partial charge in [-0.25, -0.2) is 4.98 Å². The van der Waals surface area contributed by atoms with E-state index in [0.717, 1.165) is 19.6 Å². The van der Waals surface area contributed by atoms with Crippen molar-refractivity contribution in [3.8, 4) is 5.88 Å². The lowest BCUT2D eigenvalue weighted by atomic mass is 9.86. The van der Waals surface area contributed by atoms with Crippen molar-refractivity contribution in [3.63, 3.8) is 0 Å². The molecule has 0 aliphatic carbocycles. The molecular formula is C17H29N3O. The molecule has 4 nitrogen and oxygen atoms in total. The Bertz CT molecular complexity index is 421. The third-order valence-corrected chi connectivity index (χ3v) is 4.75. The van der Waals surface area contributed by atoms with Crippen LogP contribution in [0.1, 0.15) is 39.2 Å². The van der Waals surface area contributed by atoms with Gasteiger partial charge in [0.05, 0.1) is 7.11 Å². The first-order valence-electron chi connectivity index (χ1n) is 8.12. The number of pyridine rings is 1. The van der Waals surface area contributed by atoms with Crippen LogP contribution < -0.4 is 10.1 Å². The average molecular weight is 291 g/mol. The lowest BCUT2D eigenvalue weighted by molar-refractivity contribution is 0.0784. The topological polar surface area (TPSA) is 37.4 Å². The Hall–Kier alpha value is -1.13. The van der Waals surface area contributed by atoms with Crippen LogP contribution in [0.4, 0.5) is 0 Å². The van der Waals surface area contributed by atoms with Crippen LogP contribution in [-0.4, -0.2) is 42.2 Å². The van der Waals surface area contributed by atoms with E-state index in [2.05, 4.69) is 42.0 Å². The minimum Gasteiger partial charge on any atom is -0.481 e. The summed E-state index contributed by atoms with van der Waals surface area (Å²) in [5, 5.41) is 3.70. The maximum atomic E-state index is 5.12. The Morgan fingerprint density at radius 3 is 2.81 bits per heavy atom. The predicted octanol–water partition coefficient (Wildman–Crippen LogP) is 2.69. The van der Waals surface area contributed by atoms with Crippen LogP contribution in [0.25, 0.3) is 0 Å². The molecule has 2 heterocycles. The SMILES string of the molecule is CCCNC1CCN(Cc2ccc(OC)nc2)C(C)C1C. The summed E-state index contributed by atoms with van der Waals surface area (Å²) in [5.41, 5.74) is 1.26. The maximum Gasteiger partial charge on any atom is 0.212 e. The highest BCUT2D eigenvalue weighted by molar-refractivity contribution is 5.17. The number of likely N-dealkylation sites (tertiary alicyclic amines) is 1. The van der Waals surface area contributed by atoms with Gasteiger partial charge in [0.2, 0.25) is 5.88 Å².